The largest absolute Gasteiger partial charge is 0.377 e. The van der Waals surface area contributed by atoms with Crippen LogP contribution in [0.3, 0.4) is 0 Å². The second-order valence-electron chi connectivity index (χ2n) is 6.03. The second kappa shape index (κ2) is 12.2. The van der Waals surface area contributed by atoms with Gasteiger partial charge < -0.3 is 24.3 Å². The standard InChI is InChI=1S/C17H25N3O8/c21-19(22)14-4-5-15(16(13-14)20(23)24)18-6-8-25-9-10-26-11-12-28-17-3-1-2-7-27-17/h4-5,13,17-18H,1-3,6-12H2. The lowest BCUT2D eigenvalue weighted by Crippen LogP contribution is -2.24. The Morgan fingerprint density at radius 3 is 2.46 bits per heavy atom. The molecule has 1 aliphatic rings. The first kappa shape index (κ1) is 22.0. The highest BCUT2D eigenvalue weighted by atomic mass is 16.7. The molecule has 156 valence electrons. The van der Waals surface area contributed by atoms with E-state index in [1.165, 1.54) is 12.1 Å². The van der Waals surface area contributed by atoms with E-state index in [9.17, 15) is 20.2 Å². The van der Waals surface area contributed by atoms with Crippen molar-refractivity contribution in [3.05, 3.63) is 38.4 Å². The van der Waals surface area contributed by atoms with E-state index in [0.717, 1.165) is 31.9 Å². The van der Waals surface area contributed by atoms with E-state index >= 15 is 0 Å². The number of non-ortho nitro benzene ring substituents is 1. The maximum Gasteiger partial charge on any atom is 0.299 e. The maximum atomic E-state index is 11.0. The second-order valence-corrected chi connectivity index (χ2v) is 6.03. The fourth-order valence-electron chi connectivity index (χ4n) is 2.60. The number of nitrogens with zero attached hydrogens (tertiary/aromatic N) is 2. The number of nitro benzene ring substituents is 2. The molecule has 1 unspecified atom stereocenters. The Kier molecular flexibility index (Phi) is 9.55. The van der Waals surface area contributed by atoms with Gasteiger partial charge in [-0.2, -0.15) is 0 Å². The molecule has 1 saturated heterocycles. The lowest BCUT2D eigenvalue weighted by molar-refractivity contribution is -0.393. The minimum atomic E-state index is -0.673. The summed E-state index contributed by atoms with van der Waals surface area (Å²) in [6, 6.07) is 3.46. The minimum Gasteiger partial charge on any atom is -0.377 e. The Bertz CT molecular complexity index is 637. The average molecular weight is 399 g/mol. The van der Waals surface area contributed by atoms with Crippen LogP contribution in [-0.4, -0.2) is 62.3 Å². The number of benzene rings is 1. The summed E-state index contributed by atoms with van der Waals surface area (Å²) in [7, 11) is 0. The van der Waals surface area contributed by atoms with Gasteiger partial charge in [-0.1, -0.05) is 0 Å². The van der Waals surface area contributed by atoms with Crippen LogP contribution in [0.25, 0.3) is 0 Å². The summed E-state index contributed by atoms with van der Waals surface area (Å²) in [6.07, 6.45) is 3.00. The molecule has 0 saturated carbocycles. The molecule has 2 rings (SSSR count). The van der Waals surface area contributed by atoms with Gasteiger partial charge in [0.2, 0.25) is 0 Å². The molecule has 1 heterocycles. The Labute approximate surface area is 162 Å². The summed E-state index contributed by atoms with van der Waals surface area (Å²) in [5, 5.41) is 24.6. The van der Waals surface area contributed by atoms with Crippen LogP contribution in [0.15, 0.2) is 18.2 Å². The molecule has 1 aromatic carbocycles. The third kappa shape index (κ3) is 7.72. The predicted octanol–water partition coefficient (Wildman–Crippen LogP) is 2.49. The van der Waals surface area contributed by atoms with Crippen LogP contribution in [0.5, 0.6) is 0 Å². The van der Waals surface area contributed by atoms with Crippen molar-refractivity contribution in [2.24, 2.45) is 0 Å². The van der Waals surface area contributed by atoms with Crippen LogP contribution in [0.2, 0.25) is 0 Å². The van der Waals surface area contributed by atoms with Crippen molar-refractivity contribution in [1.82, 2.24) is 0 Å². The number of hydrogen-bond donors (Lipinski definition) is 1. The molecule has 0 amide bonds. The molecular formula is C17H25N3O8. The highest BCUT2D eigenvalue weighted by molar-refractivity contribution is 5.65. The molecule has 1 aromatic rings. The summed E-state index contributed by atoms with van der Waals surface area (Å²) in [5.41, 5.74) is -0.471. The van der Waals surface area contributed by atoms with Gasteiger partial charge >= 0.3 is 0 Å². The molecular weight excluding hydrogens is 374 g/mol. The van der Waals surface area contributed by atoms with Gasteiger partial charge in [0.15, 0.2) is 6.29 Å². The molecule has 0 aliphatic carbocycles. The minimum absolute atomic E-state index is 0.122. The molecule has 0 aromatic heterocycles. The average Bonchev–Trinajstić information content (AvgIpc) is 2.70. The number of anilines is 1. The van der Waals surface area contributed by atoms with Crippen LogP contribution in [0, 0.1) is 20.2 Å². The van der Waals surface area contributed by atoms with Crippen molar-refractivity contribution in [2.45, 2.75) is 25.6 Å². The van der Waals surface area contributed by atoms with E-state index in [1.807, 2.05) is 0 Å². The molecule has 11 heteroatoms. The normalized spacial score (nSPS) is 16.6. The maximum absolute atomic E-state index is 11.0. The van der Waals surface area contributed by atoms with Crippen LogP contribution >= 0.6 is 0 Å². The third-order valence-corrected chi connectivity index (χ3v) is 3.99. The van der Waals surface area contributed by atoms with E-state index in [-0.39, 0.29) is 23.4 Å². The zero-order valence-corrected chi connectivity index (χ0v) is 15.5. The monoisotopic (exact) mass is 399 g/mol. The Hall–Kier alpha value is -2.34. The van der Waals surface area contributed by atoms with E-state index < -0.39 is 9.85 Å². The Morgan fingerprint density at radius 1 is 1.04 bits per heavy atom. The van der Waals surface area contributed by atoms with Crippen LogP contribution in [-0.2, 0) is 18.9 Å². The van der Waals surface area contributed by atoms with Crippen molar-refractivity contribution >= 4 is 17.1 Å². The van der Waals surface area contributed by atoms with Gasteiger partial charge in [-0.3, -0.25) is 20.2 Å². The first-order chi connectivity index (χ1) is 13.6. The van der Waals surface area contributed by atoms with Crippen molar-refractivity contribution in [3.63, 3.8) is 0 Å². The highest BCUT2D eigenvalue weighted by Crippen LogP contribution is 2.28. The van der Waals surface area contributed by atoms with E-state index in [4.69, 9.17) is 18.9 Å². The van der Waals surface area contributed by atoms with E-state index in [1.54, 1.807) is 0 Å². The highest BCUT2D eigenvalue weighted by Gasteiger charge is 2.19. The van der Waals surface area contributed by atoms with Gasteiger partial charge in [0.05, 0.1) is 48.9 Å². The van der Waals surface area contributed by atoms with Gasteiger partial charge in [-0.05, 0) is 25.3 Å². The topological polar surface area (TPSA) is 135 Å². The lowest BCUT2D eigenvalue weighted by Gasteiger charge is -2.22. The summed E-state index contributed by atoms with van der Waals surface area (Å²) in [4.78, 5) is 20.4. The number of rotatable bonds is 13. The molecule has 0 bridgehead atoms. The molecule has 0 radical (unpaired) electrons. The molecule has 1 fully saturated rings. The summed E-state index contributed by atoms with van der Waals surface area (Å²) < 4.78 is 21.8. The van der Waals surface area contributed by atoms with Crippen LogP contribution in [0.4, 0.5) is 17.1 Å². The molecule has 0 spiro atoms. The predicted molar refractivity (Wildman–Crippen MR) is 99.4 cm³/mol. The van der Waals surface area contributed by atoms with Gasteiger partial charge in [0.1, 0.15) is 5.69 Å². The van der Waals surface area contributed by atoms with Crippen LogP contribution < -0.4 is 5.32 Å². The SMILES string of the molecule is O=[N+]([O-])c1ccc(NCCOCCOCCOC2CCCCO2)c([N+](=O)[O-])c1. The van der Waals surface area contributed by atoms with Gasteiger partial charge in [0, 0.05) is 19.2 Å². The lowest BCUT2D eigenvalue weighted by atomic mass is 10.2. The number of hydrogen-bond acceptors (Lipinski definition) is 9. The number of ether oxygens (including phenoxy) is 4. The molecule has 1 atom stereocenters. The molecule has 1 N–H and O–H groups in total. The fraction of sp³-hybridized carbons (Fsp3) is 0.647. The molecule has 1 aliphatic heterocycles. The van der Waals surface area contributed by atoms with E-state index in [0.29, 0.717) is 39.6 Å². The van der Waals surface area contributed by atoms with Crippen molar-refractivity contribution < 1.29 is 28.8 Å². The summed E-state index contributed by atoms with van der Waals surface area (Å²) in [5.74, 6) is 0. The van der Waals surface area contributed by atoms with Crippen LogP contribution in [0.1, 0.15) is 19.3 Å². The number of nitrogens with one attached hydrogen (secondary N) is 1. The van der Waals surface area contributed by atoms with Crippen molar-refractivity contribution in [2.75, 3.05) is 51.5 Å². The quantitative estimate of drug-likeness (QED) is 0.301. The Balaban J connectivity index is 1.53. The smallest absolute Gasteiger partial charge is 0.299 e. The zero-order chi connectivity index (χ0) is 20.2. The molecule has 28 heavy (non-hydrogen) atoms. The first-order valence-corrected chi connectivity index (χ1v) is 9.13. The Morgan fingerprint density at radius 2 is 1.79 bits per heavy atom. The summed E-state index contributed by atoms with van der Waals surface area (Å²) in [6.45, 7) is 3.09. The van der Waals surface area contributed by atoms with Gasteiger partial charge in [-0.15, -0.1) is 0 Å². The van der Waals surface area contributed by atoms with Gasteiger partial charge in [0.25, 0.3) is 11.4 Å². The van der Waals surface area contributed by atoms with E-state index in [2.05, 4.69) is 5.32 Å². The van der Waals surface area contributed by atoms with Gasteiger partial charge in [-0.25, -0.2) is 0 Å². The zero-order valence-electron chi connectivity index (χ0n) is 15.5. The first-order valence-electron chi connectivity index (χ1n) is 9.13. The third-order valence-electron chi connectivity index (χ3n) is 3.99. The fourth-order valence-corrected chi connectivity index (χ4v) is 2.60. The van der Waals surface area contributed by atoms with Crippen molar-refractivity contribution in [3.8, 4) is 0 Å². The van der Waals surface area contributed by atoms with Crippen molar-refractivity contribution in [1.29, 1.82) is 0 Å². The molecule has 11 nitrogen and oxygen atoms in total. The summed E-state index contributed by atoms with van der Waals surface area (Å²) >= 11 is 0. The number of nitro groups is 2.